The van der Waals surface area contributed by atoms with E-state index in [9.17, 15) is 19.7 Å². The van der Waals surface area contributed by atoms with Gasteiger partial charge in [-0.15, -0.1) is 0 Å². The molecule has 1 aliphatic heterocycles. The van der Waals surface area contributed by atoms with Crippen LogP contribution >= 0.6 is 0 Å². The normalized spacial score (nSPS) is 13.6. The summed E-state index contributed by atoms with van der Waals surface area (Å²) in [6, 6.07) is 2.75. The molecule has 0 saturated carbocycles. The van der Waals surface area contributed by atoms with Crippen molar-refractivity contribution < 1.29 is 24.0 Å². The van der Waals surface area contributed by atoms with E-state index in [1.165, 1.54) is 12.1 Å². The SMILES string of the molecule is CCOC(=O)c1cc(N2C(C)=CCC=C2C)cc(C(=O)OCC)c1[N+](=O)[O-]. The molecular weight excluding hydrogens is 352 g/mol. The van der Waals surface area contributed by atoms with Crippen molar-refractivity contribution in [2.45, 2.75) is 34.1 Å². The van der Waals surface area contributed by atoms with Crippen molar-refractivity contribution in [3.05, 3.63) is 56.9 Å². The number of anilines is 1. The highest BCUT2D eigenvalue weighted by Crippen LogP contribution is 2.35. The van der Waals surface area contributed by atoms with Crippen LogP contribution in [0.2, 0.25) is 0 Å². The van der Waals surface area contributed by atoms with Crippen molar-refractivity contribution in [2.24, 2.45) is 0 Å². The average Bonchev–Trinajstić information content (AvgIpc) is 2.61. The minimum Gasteiger partial charge on any atom is -0.462 e. The van der Waals surface area contributed by atoms with Crippen molar-refractivity contribution in [3.8, 4) is 0 Å². The topological polar surface area (TPSA) is 99.0 Å². The quantitative estimate of drug-likeness (QED) is 0.422. The van der Waals surface area contributed by atoms with Crippen LogP contribution in [0.25, 0.3) is 0 Å². The Morgan fingerprint density at radius 2 is 1.48 bits per heavy atom. The van der Waals surface area contributed by atoms with Crippen molar-refractivity contribution >= 4 is 23.3 Å². The number of ether oxygens (including phenoxy) is 2. The molecule has 1 aromatic rings. The van der Waals surface area contributed by atoms with Gasteiger partial charge in [0, 0.05) is 17.1 Å². The van der Waals surface area contributed by atoms with Crippen LogP contribution in [-0.4, -0.2) is 30.1 Å². The number of hydrogen-bond acceptors (Lipinski definition) is 7. The van der Waals surface area contributed by atoms with E-state index in [1.807, 2.05) is 30.9 Å². The lowest BCUT2D eigenvalue weighted by molar-refractivity contribution is -0.385. The molecule has 0 aromatic heterocycles. The summed E-state index contributed by atoms with van der Waals surface area (Å²) < 4.78 is 9.93. The molecule has 0 fully saturated rings. The molecule has 1 heterocycles. The van der Waals surface area contributed by atoms with Crippen LogP contribution in [0, 0.1) is 10.1 Å². The van der Waals surface area contributed by atoms with Gasteiger partial charge >= 0.3 is 11.9 Å². The fraction of sp³-hybridized carbons (Fsp3) is 0.368. The van der Waals surface area contributed by atoms with Gasteiger partial charge in [-0.1, -0.05) is 12.2 Å². The third-order valence-corrected chi connectivity index (χ3v) is 4.06. The zero-order chi connectivity index (χ0) is 20.1. The summed E-state index contributed by atoms with van der Waals surface area (Å²) in [6.07, 6.45) is 4.71. The maximum absolute atomic E-state index is 12.4. The molecule has 8 heteroatoms. The molecule has 1 aromatic carbocycles. The van der Waals surface area contributed by atoms with E-state index >= 15 is 0 Å². The highest BCUT2D eigenvalue weighted by molar-refractivity contribution is 6.04. The van der Waals surface area contributed by atoms with Crippen LogP contribution in [-0.2, 0) is 9.47 Å². The summed E-state index contributed by atoms with van der Waals surface area (Å²) in [5.74, 6) is -1.73. The fourth-order valence-corrected chi connectivity index (χ4v) is 2.94. The molecule has 0 unspecified atom stereocenters. The molecule has 0 spiro atoms. The second kappa shape index (κ2) is 8.48. The molecule has 0 amide bonds. The lowest BCUT2D eigenvalue weighted by Gasteiger charge is -2.29. The van der Waals surface area contributed by atoms with Crippen LogP contribution in [0.4, 0.5) is 11.4 Å². The van der Waals surface area contributed by atoms with Gasteiger partial charge in [0.2, 0.25) is 0 Å². The number of hydrogen-bond donors (Lipinski definition) is 0. The number of allylic oxidation sites excluding steroid dienone is 4. The van der Waals surface area contributed by atoms with Gasteiger partial charge in [0.1, 0.15) is 11.1 Å². The molecule has 8 nitrogen and oxygen atoms in total. The Labute approximate surface area is 157 Å². The zero-order valence-corrected chi connectivity index (χ0v) is 15.8. The Kier molecular flexibility index (Phi) is 6.33. The van der Waals surface area contributed by atoms with Gasteiger partial charge in [-0.3, -0.25) is 10.1 Å². The Hall–Kier alpha value is -3.16. The summed E-state index contributed by atoms with van der Waals surface area (Å²) >= 11 is 0. The van der Waals surface area contributed by atoms with Crippen molar-refractivity contribution in [2.75, 3.05) is 18.1 Å². The third kappa shape index (κ3) is 4.16. The monoisotopic (exact) mass is 374 g/mol. The van der Waals surface area contributed by atoms with Crippen LogP contribution in [0.15, 0.2) is 35.7 Å². The first-order valence-electron chi connectivity index (χ1n) is 8.62. The molecule has 27 heavy (non-hydrogen) atoms. The van der Waals surface area contributed by atoms with Gasteiger partial charge in [0.15, 0.2) is 0 Å². The van der Waals surface area contributed by atoms with E-state index < -0.39 is 22.5 Å². The van der Waals surface area contributed by atoms with Crippen LogP contribution in [0.1, 0.15) is 54.8 Å². The van der Waals surface area contributed by atoms with E-state index in [0.29, 0.717) is 5.69 Å². The Bertz CT molecular complexity index is 784. The summed E-state index contributed by atoms with van der Waals surface area (Å²) in [4.78, 5) is 37.4. The largest absolute Gasteiger partial charge is 0.462 e. The van der Waals surface area contributed by atoms with E-state index in [2.05, 4.69) is 0 Å². The summed E-state index contributed by atoms with van der Waals surface area (Å²) in [6.45, 7) is 7.07. The number of nitro groups is 1. The molecule has 0 N–H and O–H groups in total. The van der Waals surface area contributed by atoms with E-state index in [1.54, 1.807) is 13.8 Å². The van der Waals surface area contributed by atoms with Crippen LogP contribution in [0.5, 0.6) is 0 Å². The minimum atomic E-state index is -0.864. The lowest BCUT2D eigenvalue weighted by Crippen LogP contribution is -2.23. The Morgan fingerprint density at radius 3 is 1.85 bits per heavy atom. The van der Waals surface area contributed by atoms with Crippen LogP contribution < -0.4 is 4.90 Å². The number of nitrogens with zero attached hydrogens (tertiary/aromatic N) is 2. The predicted molar refractivity (Wildman–Crippen MR) is 99.6 cm³/mol. The smallest absolute Gasteiger partial charge is 0.345 e. The summed E-state index contributed by atoms with van der Waals surface area (Å²) in [5, 5.41) is 11.6. The van der Waals surface area contributed by atoms with Crippen molar-refractivity contribution in [3.63, 3.8) is 0 Å². The fourth-order valence-electron chi connectivity index (χ4n) is 2.94. The number of esters is 2. The van der Waals surface area contributed by atoms with E-state index in [-0.39, 0.29) is 24.3 Å². The van der Waals surface area contributed by atoms with Gasteiger partial charge in [-0.05, 0) is 46.2 Å². The number of benzene rings is 1. The molecule has 0 atom stereocenters. The molecule has 0 aliphatic carbocycles. The molecular formula is C19H22N2O6. The molecule has 0 bridgehead atoms. The first kappa shape index (κ1) is 20.2. The van der Waals surface area contributed by atoms with E-state index in [4.69, 9.17) is 9.47 Å². The molecule has 0 radical (unpaired) electrons. The van der Waals surface area contributed by atoms with Gasteiger partial charge in [0.25, 0.3) is 5.69 Å². The minimum absolute atomic E-state index is 0.0521. The number of carbonyl (C=O) groups is 2. The molecule has 2 rings (SSSR count). The van der Waals surface area contributed by atoms with Crippen molar-refractivity contribution in [1.82, 2.24) is 0 Å². The zero-order valence-electron chi connectivity index (χ0n) is 15.8. The van der Waals surface area contributed by atoms with Gasteiger partial charge in [-0.2, -0.15) is 0 Å². The Morgan fingerprint density at radius 1 is 1.04 bits per heavy atom. The second-order valence-electron chi connectivity index (χ2n) is 5.85. The maximum atomic E-state index is 12.4. The number of nitro benzene ring substituents is 1. The number of carbonyl (C=O) groups excluding carboxylic acids is 2. The average molecular weight is 374 g/mol. The van der Waals surface area contributed by atoms with Gasteiger partial charge < -0.3 is 14.4 Å². The summed E-state index contributed by atoms with van der Waals surface area (Å²) in [5.41, 5.74) is 1.04. The number of rotatable bonds is 6. The third-order valence-electron chi connectivity index (χ3n) is 4.06. The van der Waals surface area contributed by atoms with Crippen LogP contribution in [0.3, 0.4) is 0 Å². The highest BCUT2D eigenvalue weighted by Gasteiger charge is 2.32. The molecule has 1 aliphatic rings. The summed E-state index contributed by atoms with van der Waals surface area (Å²) in [7, 11) is 0. The Balaban J connectivity index is 2.75. The molecule has 144 valence electrons. The van der Waals surface area contributed by atoms with Crippen molar-refractivity contribution in [1.29, 1.82) is 0 Å². The van der Waals surface area contributed by atoms with E-state index in [0.717, 1.165) is 17.8 Å². The lowest BCUT2D eigenvalue weighted by atomic mass is 10.0. The second-order valence-corrected chi connectivity index (χ2v) is 5.85. The maximum Gasteiger partial charge on any atom is 0.345 e. The first-order valence-corrected chi connectivity index (χ1v) is 8.62. The first-order chi connectivity index (χ1) is 12.8. The predicted octanol–water partition coefficient (Wildman–Crippen LogP) is 3.97. The standard InChI is InChI=1S/C19H22N2O6/c1-5-26-18(22)15-10-14(20-12(3)8-7-9-13(20)4)11-16(17(15)21(24)25)19(23)27-6-2/h8-11H,5-7H2,1-4H3. The highest BCUT2D eigenvalue weighted by atomic mass is 16.6. The molecule has 0 saturated heterocycles. The van der Waals surface area contributed by atoms with Gasteiger partial charge in [0.05, 0.1) is 18.1 Å². The van der Waals surface area contributed by atoms with Gasteiger partial charge in [-0.25, -0.2) is 9.59 Å².